The van der Waals surface area contributed by atoms with Gasteiger partial charge in [0.2, 0.25) is 5.91 Å². The number of fused-ring (bicyclic) bond motifs is 3. The van der Waals surface area contributed by atoms with Crippen LogP contribution in [-0.4, -0.2) is 59.6 Å². The molecule has 186 valence electrons. The van der Waals surface area contributed by atoms with Crippen LogP contribution in [-0.2, 0) is 14.3 Å². The summed E-state index contributed by atoms with van der Waals surface area (Å²) in [7, 11) is 0. The Hall–Kier alpha value is -3.49. The lowest BCUT2D eigenvalue weighted by atomic mass is 9.88. The summed E-state index contributed by atoms with van der Waals surface area (Å²) in [6, 6.07) is 14.4. The number of likely N-dealkylation sites (tertiary alicyclic amines) is 1. The Morgan fingerprint density at radius 1 is 1.09 bits per heavy atom. The molecule has 1 aliphatic heterocycles. The number of aliphatic carboxylic acids is 1. The van der Waals surface area contributed by atoms with Crippen molar-refractivity contribution < 1.29 is 33.0 Å². The third-order valence-electron chi connectivity index (χ3n) is 6.56. The number of carbonyl (C=O) groups is 3. The molecule has 1 saturated heterocycles. The summed E-state index contributed by atoms with van der Waals surface area (Å²) in [5.41, 5.74) is 3.60. The predicted molar refractivity (Wildman–Crippen MR) is 124 cm³/mol. The highest BCUT2D eigenvalue weighted by Crippen LogP contribution is 2.44. The Bertz CT molecular complexity index is 1100. The number of alkyl halides is 2. The number of benzene rings is 2. The van der Waals surface area contributed by atoms with Gasteiger partial charge in [0.15, 0.2) is 0 Å². The van der Waals surface area contributed by atoms with Crippen LogP contribution in [0.15, 0.2) is 48.5 Å². The first-order chi connectivity index (χ1) is 16.5. The first kappa shape index (κ1) is 24.6. The van der Waals surface area contributed by atoms with Crippen molar-refractivity contribution in [1.29, 1.82) is 0 Å². The van der Waals surface area contributed by atoms with Gasteiger partial charge < -0.3 is 20.1 Å². The van der Waals surface area contributed by atoms with E-state index >= 15 is 0 Å². The SMILES string of the molecule is CC(C)(CNC(=O)OCC1c2ccccc2-c2ccccc21)CC(=O)N1CC(F)(F)C[C@H]1C(=O)O. The van der Waals surface area contributed by atoms with Gasteiger partial charge in [0.1, 0.15) is 12.6 Å². The number of halogens is 2. The average Bonchev–Trinajstić information content (AvgIpc) is 3.30. The van der Waals surface area contributed by atoms with Crippen molar-refractivity contribution in [2.45, 2.75) is 44.6 Å². The zero-order valence-corrected chi connectivity index (χ0v) is 19.6. The van der Waals surface area contributed by atoms with Crippen molar-refractivity contribution in [3.63, 3.8) is 0 Å². The number of nitrogens with one attached hydrogen (secondary N) is 1. The number of rotatable bonds is 7. The molecule has 2 aliphatic rings. The summed E-state index contributed by atoms with van der Waals surface area (Å²) in [4.78, 5) is 37.1. The summed E-state index contributed by atoms with van der Waals surface area (Å²) in [6.07, 6.45) is -1.74. The number of alkyl carbamates (subject to hydrolysis) is 1. The van der Waals surface area contributed by atoms with E-state index in [0.717, 1.165) is 27.2 Å². The maximum absolute atomic E-state index is 13.7. The maximum Gasteiger partial charge on any atom is 0.407 e. The number of ether oxygens (including phenoxy) is 1. The lowest BCUT2D eigenvalue weighted by Crippen LogP contribution is -2.44. The molecule has 2 amide bonds. The van der Waals surface area contributed by atoms with Gasteiger partial charge in [0, 0.05) is 25.3 Å². The van der Waals surface area contributed by atoms with Crippen LogP contribution >= 0.6 is 0 Å². The number of nitrogens with zero attached hydrogens (tertiary/aromatic N) is 1. The summed E-state index contributed by atoms with van der Waals surface area (Å²) >= 11 is 0. The Labute approximate surface area is 202 Å². The number of amides is 2. The average molecular weight is 487 g/mol. The molecule has 1 heterocycles. The van der Waals surface area contributed by atoms with Crippen molar-refractivity contribution in [3.05, 3.63) is 59.7 Å². The van der Waals surface area contributed by atoms with E-state index in [1.807, 2.05) is 48.5 Å². The van der Waals surface area contributed by atoms with Gasteiger partial charge >= 0.3 is 12.1 Å². The lowest BCUT2D eigenvalue weighted by molar-refractivity contribution is -0.149. The number of carbonyl (C=O) groups excluding carboxylic acids is 2. The molecule has 0 aromatic heterocycles. The van der Waals surface area contributed by atoms with Crippen LogP contribution < -0.4 is 5.32 Å². The van der Waals surface area contributed by atoms with E-state index in [1.165, 1.54) is 0 Å². The van der Waals surface area contributed by atoms with Gasteiger partial charge in [-0.2, -0.15) is 0 Å². The Kier molecular flexibility index (Phi) is 6.53. The van der Waals surface area contributed by atoms with E-state index in [9.17, 15) is 28.3 Å². The number of hydrogen-bond acceptors (Lipinski definition) is 4. The minimum atomic E-state index is -3.23. The van der Waals surface area contributed by atoms with Crippen LogP contribution in [0.4, 0.5) is 13.6 Å². The first-order valence-electron chi connectivity index (χ1n) is 11.5. The molecule has 0 saturated carbocycles. The fraction of sp³-hybridized carbons (Fsp3) is 0.423. The number of hydrogen-bond donors (Lipinski definition) is 2. The molecule has 2 aromatic rings. The molecule has 35 heavy (non-hydrogen) atoms. The van der Waals surface area contributed by atoms with Crippen LogP contribution in [0.1, 0.15) is 43.7 Å². The summed E-state index contributed by atoms with van der Waals surface area (Å²) < 4.78 is 32.9. The highest BCUT2D eigenvalue weighted by Gasteiger charge is 2.50. The molecule has 0 spiro atoms. The van der Waals surface area contributed by atoms with Crippen molar-refractivity contribution in [3.8, 4) is 11.1 Å². The quantitative estimate of drug-likeness (QED) is 0.610. The van der Waals surface area contributed by atoms with Crippen molar-refractivity contribution in [2.75, 3.05) is 19.7 Å². The molecule has 1 fully saturated rings. The lowest BCUT2D eigenvalue weighted by Gasteiger charge is -2.28. The monoisotopic (exact) mass is 486 g/mol. The zero-order valence-electron chi connectivity index (χ0n) is 19.6. The van der Waals surface area contributed by atoms with E-state index in [-0.39, 0.29) is 25.5 Å². The van der Waals surface area contributed by atoms with Gasteiger partial charge in [-0.25, -0.2) is 18.4 Å². The smallest absolute Gasteiger partial charge is 0.407 e. The van der Waals surface area contributed by atoms with Gasteiger partial charge in [-0.1, -0.05) is 62.4 Å². The molecule has 0 unspecified atom stereocenters. The van der Waals surface area contributed by atoms with Crippen LogP contribution in [0.2, 0.25) is 0 Å². The molecule has 0 radical (unpaired) electrons. The topological polar surface area (TPSA) is 95.9 Å². The van der Waals surface area contributed by atoms with Crippen LogP contribution in [0.3, 0.4) is 0 Å². The van der Waals surface area contributed by atoms with Gasteiger partial charge in [-0.15, -0.1) is 0 Å². The standard InChI is InChI=1S/C26H28F2N2O5/c1-25(2,12-22(31)30-15-26(27,28)11-21(30)23(32)33)14-29-24(34)35-13-20-18-9-5-3-7-16(18)17-8-4-6-10-19(17)20/h3-10,20-21H,11-15H2,1-2H3,(H,29,34)(H,32,33)/t21-/m0/s1. The highest BCUT2D eigenvalue weighted by atomic mass is 19.3. The zero-order chi connectivity index (χ0) is 25.4. The second-order valence-electron chi connectivity index (χ2n) is 9.96. The molecular weight excluding hydrogens is 458 g/mol. The minimum absolute atomic E-state index is 0.0530. The molecule has 2 N–H and O–H groups in total. The number of carboxylic acids is 1. The minimum Gasteiger partial charge on any atom is -0.480 e. The fourth-order valence-electron chi connectivity index (χ4n) is 4.83. The largest absolute Gasteiger partial charge is 0.480 e. The molecule has 2 aromatic carbocycles. The van der Waals surface area contributed by atoms with E-state index in [2.05, 4.69) is 5.32 Å². The Morgan fingerprint density at radius 3 is 2.23 bits per heavy atom. The molecular formula is C26H28F2N2O5. The fourth-order valence-corrected chi connectivity index (χ4v) is 4.83. The van der Waals surface area contributed by atoms with Crippen molar-refractivity contribution >= 4 is 18.0 Å². The van der Waals surface area contributed by atoms with Gasteiger partial charge in [-0.05, 0) is 27.7 Å². The first-order valence-corrected chi connectivity index (χ1v) is 11.5. The van der Waals surface area contributed by atoms with E-state index < -0.39 is 48.3 Å². The second kappa shape index (κ2) is 9.28. The third-order valence-corrected chi connectivity index (χ3v) is 6.56. The van der Waals surface area contributed by atoms with Crippen molar-refractivity contribution in [2.24, 2.45) is 5.41 Å². The second-order valence-corrected chi connectivity index (χ2v) is 9.96. The van der Waals surface area contributed by atoms with Crippen molar-refractivity contribution in [1.82, 2.24) is 10.2 Å². The number of carboxylic acid groups (broad SMARTS) is 1. The normalized spacial score (nSPS) is 18.6. The molecule has 1 atom stereocenters. The Morgan fingerprint density at radius 2 is 1.66 bits per heavy atom. The molecule has 7 nitrogen and oxygen atoms in total. The van der Waals surface area contributed by atoms with Crippen LogP contribution in [0, 0.1) is 5.41 Å². The summed E-state index contributed by atoms with van der Waals surface area (Å²) in [6.45, 7) is 2.66. The van der Waals surface area contributed by atoms with E-state index in [4.69, 9.17) is 4.74 Å². The highest BCUT2D eigenvalue weighted by molar-refractivity contribution is 5.85. The third kappa shape index (κ3) is 5.28. The summed E-state index contributed by atoms with van der Waals surface area (Å²) in [5, 5.41) is 11.9. The van der Waals surface area contributed by atoms with Gasteiger partial charge in [0.25, 0.3) is 5.92 Å². The van der Waals surface area contributed by atoms with E-state index in [0.29, 0.717) is 0 Å². The van der Waals surface area contributed by atoms with Crippen LogP contribution in [0.5, 0.6) is 0 Å². The van der Waals surface area contributed by atoms with E-state index in [1.54, 1.807) is 13.8 Å². The summed E-state index contributed by atoms with van der Waals surface area (Å²) in [5.74, 6) is -5.46. The molecule has 4 rings (SSSR count). The molecule has 0 bridgehead atoms. The molecule has 1 aliphatic carbocycles. The Balaban J connectivity index is 1.32. The molecule has 9 heteroatoms. The van der Waals surface area contributed by atoms with Gasteiger partial charge in [0.05, 0.1) is 6.54 Å². The predicted octanol–water partition coefficient (Wildman–Crippen LogP) is 4.26. The maximum atomic E-state index is 13.7. The van der Waals surface area contributed by atoms with Crippen LogP contribution in [0.25, 0.3) is 11.1 Å². The van der Waals surface area contributed by atoms with Gasteiger partial charge in [-0.3, -0.25) is 4.79 Å².